The molecule has 0 spiro atoms. The topological polar surface area (TPSA) is 66.5 Å². The maximum Gasteiger partial charge on any atom is 0.243 e. The van der Waals surface area contributed by atoms with Crippen LogP contribution in [0.15, 0.2) is 88.7 Å². The fourth-order valence-electron chi connectivity index (χ4n) is 3.74. The molecule has 0 aromatic heterocycles. The van der Waals surface area contributed by atoms with Gasteiger partial charge in [-0.2, -0.15) is 4.31 Å². The molecule has 1 amide bonds. The van der Waals surface area contributed by atoms with Crippen molar-refractivity contribution in [2.45, 2.75) is 28.4 Å². The highest BCUT2D eigenvalue weighted by molar-refractivity contribution is 7.98. The summed E-state index contributed by atoms with van der Waals surface area (Å²) in [4.78, 5) is 14.1. The van der Waals surface area contributed by atoms with Gasteiger partial charge >= 0.3 is 0 Å². The average molecular weight is 485 g/mol. The van der Waals surface area contributed by atoms with Crippen LogP contribution in [0, 0.1) is 11.7 Å². The van der Waals surface area contributed by atoms with Crippen LogP contribution in [0.1, 0.15) is 18.4 Å². The molecule has 33 heavy (non-hydrogen) atoms. The van der Waals surface area contributed by atoms with E-state index < -0.39 is 21.8 Å². The van der Waals surface area contributed by atoms with Crippen molar-refractivity contribution in [3.63, 3.8) is 0 Å². The average Bonchev–Trinajstić information content (AvgIpc) is 2.84. The van der Waals surface area contributed by atoms with Crippen LogP contribution < -0.4 is 5.32 Å². The minimum Gasteiger partial charge on any atom is -0.326 e. The monoisotopic (exact) mass is 484 g/mol. The summed E-state index contributed by atoms with van der Waals surface area (Å²) in [6.45, 7) is 0.453. The van der Waals surface area contributed by atoms with Crippen molar-refractivity contribution in [2.24, 2.45) is 5.92 Å². The number of carbonyl (C=O) groups is 1. The Bertz CT molecular complexity index is 1180. The van der Waals surface area contributed by atoms with Gasteiger partial charge in [0.15, 0.2) is 0 Å². The Morgan fingerprint density at radius 2 is 1.70 bits per heavy atom. The van der Waals surface area contributed by atoms with Gasteiger partial charge in [-0.1, -0.05) is 30.3 Å². The molecule has 1 aliphatic rings. The molecule has 1 atom stereocenters. The van der Waals surface area contributed by atoms with Gasteiger partial charge in [0, 0.05) is 29.4 Å². The molecule has 3 aromatic carbocycles. The maximum atomic E-state index is 13.2. The fourth-order valence-corrected chi connectivity index (χ4v) is 6.14. The highest BCUT2D eigenvalue weighted by Crippen LogP contribution is 2.26. The lowest BCUT2D eigenvalue weighted by molar-refractivity contribution is -0.120. The zero-order valence-electron chi connectivity index (χ0n) is 18.0. The first-order chi connectivity index (χ1) is 15.9. The summed E-state index contributed by atoms with van der Waals surface area (Å²) in [5, 5.41) is 2.92. The third-order valence-electron chi connectivity index (χ3n) is 5.58. The van der Waals surface area contributed by atoms with Crippen molar-refractivity contribution in [3.8, 4) is 0 Å². The van der Waals surface area contributed by atoms with Gasteiger partial charge in [0.25, 0.3) is 0 Å². The van der Waals surface area contributed by atoms with Crippen LogP contribution in [0.2, 0.25) is 0 Å². The van der Waals surface area contributed by atoms with E-state index in [2.05, 4.69) is 17.4 Å². The molecular formula is C25H25FN2O3S2. The van der Waals surface area contributed by atoms with E-state index in [1.54, 1.807) is 11.8 Å². The van der Waals surface area contributed by atoms with Crippen LogP contribution in [0.4, 0.5) is 10.1 Å². The molecule has 1 aliphatic heterocycles. The largest absolute Gasteiger partial charge is 0.326 e. The van der Waals surface area contributed by atoms with Gasteiger partial charge in [-0.3, -0.25) is 4.79 Å². The molecule has 8 heteroatoms. The Morgan fingerprint density at radius 1 is 1.00 bits per heavy atom. The quantitative estimate of drug-likeness (QED) is 0.471. The van der Waals surface area contributed by atoms with Crippen molar-refractivity contribution in [2.75, 3.05) is 18.4 Å². The van der Waals surface area contributed by atoms with Crippen LogP contribution in [0.5, 0.6) is 0 Å². The summed E-state index contributed by atoms with van der Waals surface area (Å²) in [5.41, 5.74) is 1.84. The second kappa shape index (κ2) is 10.5. The Morgan fingerprint density at radius 3 is 2.39 bits per heavy atom. The summed E-state index contributed by atoms with van der Waals surface area (Å²) in [7, 11) is -3.77. The van der Waals surface area contributed by atoms with Gasteiger partial charge in [0.2, 0.25) is 15.9 Å². The van der Waals surface area contributed by atoms with E-state index >= 15 is 0 Å². The van der Waals surface area contributed by atoms with Crippen LogP contribution in [-0.2, 0) is 20.6 Å². The minimum atomic E-state index is -3.77. The summed E-state index contributed by atoms with van der Waals surface area (Å²) < 4.78 is 40.3. The number of halogens is 1. The van der Waals surface area contributed by atoms with Crippen molar-refractivity contribution < 1.29 is 17.6 Å². The number of anilines is 1. The Kier molecular flexibility index (Phi) is 7.47. The third kappa shape index (κ3) is 6.01. The molecule has 0 radical (unpaired) electrons. The lowest BCUT2D eigenvalue weighted by atomic mass is 9.98. The summed E-state index contributed by atoms with van der Waals surface area (Å²) in [5.74, 6) is -0.297. The van der Waals surface area contributed by atoms with Crippen LogP contribution in [-0.4, -0.2) is 31.7 Å². The van der Waals surface area contributed by atoms with E-state index in [1.807, 2.05) is 42.5 Å². The van der Waals surface area contributed by atoms with E-state index in [4.69, 9.17) is 0 Å². The molecule has 1 heterocycles. The summed E-state index contributed by atoms with van der Waals surface area (Å²) in [6, 6.07) is 22.6. The fraction of sp³-hybridized carbons (Fsp3) is 0.240. The molecule has 4 rings (SSSR count). The Balaban J connectivity index is 1.34. The number of piperidine rings is 1. The molecule has 1 saturated heterocycles. The van der Waals surface area contributed by atoms with E-state index in [0.29, 0.717) is 25.1 Å². The lowest BCUT2D eigenvalue weighted by Gasteiger charge is -2.31. The number of rotatable bonds is 7. The van der Waals surface area contributed by atoms with Crippen LogP contribution in [0.3, 0.4) is 0 Å². The normalized spacial score (nSPS) is 16.9. The van der Waals surface area contributed by atoms with Crippen LogP contribution >= 0.6 is 11.8 Å². The number of hydrogen-bond donors (Lipinski definition) is 1. The van der Waals surface area contributed by atoms with Crippen molar-refractivity contribution in [3.05, 3.63) is 90.2 Å². The maximum absolute atomic E-state index is 13.2. The second-order valence-corrected chi connectivity index (χ2v) is 10.9. The number of nitrogens with zero attached hydrogens (tertiary/aromatic N) is 1. The highest BCUT2D eigenvalue weighted by Gasteiger charge is 2.33. The molecular weight excluding hydrogens is 459 g/mol. The summed E-state index contributed by atoms with van der Waals surface area (Å²) >= 11 is 1.75. The van der Waals surface area contributed by atoms with Gasteiger partial charge < -0.3 is 5.32 Å². The first-order valence-corrected chi connectivity index (χ1v) is 13.2. The van der Waals surface area contributed by atoms with Gasteiger partial charge in [-0.05, 0) is 66.9 Å². The summed E-state index contributed by atoms with van der Waals surface area (Å²) in [6.07, 6.45) is 1.21. The molecule has 0 bridgehead atoms. The van der Waals surface area contributed by atoms with Gasteiger partial charge in [-0.15, -0.1) is 11.8 Å². The number of sulfonamides is 1. The predicted molar refractivity (Wildman–Crippen MR) is 129 cm³/mol. The highest BCUT2D eigenvalue weighted by atomic mass is 32.2. The second-order valence-electron chi connectivity index (χ2n) is 7.94. The molecule has 172 valence electrons. The smallest absolute Gasteiger partial charge is 0.243 e. The van der Waals surface area contributed by atoms with Gasteiger partial charge in [0.1, 0.15) is 5.82 Å². The first kappa shape index (κ1) is 23.5. The molecule has 5 nitrogen and oxygen atoms in total. The zero-order chi connectivity index (χ0) is 23.3. The standard InChI is InChI=1S/C25H25FN2O3S2/c26-21-10-14-24(15-11-21)33(30,31)28-16-4-5-20(17-28)25(29)27-22-12-8-19(9-13-22)18-32-23-6-2-1-3-7-23/h1-3,6-15,20H,4-5,16-18H2,(H,27,29). The van der Waals surface area contributed by atoms with Crippen molar-refractivity contribution in [1.82, 2.24) is 4.31 Å². The third-order valence-corrected chi connectivity index (χ3v) is 8.54. The van der Waals surface area contributed by atoms with Crippen molar-refractivity contribution >= 4 is 33.4 Å². The molecule has 1 unspecified atom stereocenters. The number of benzene rings is 3. The van der Waals surface area contributed by atoms with Gasteiger partial charge in [0.05, 0.1) is 10.8 Å². The molecule has 0 aliphatic carbocycles. The Hall–Kier alpha value is -2.68. The molecule has 1 fully saturated rings. The number of carbonyl (C=O) groups excluding carboxylic acids is 1. The van der Waals surface area contributed by atoms with Crippen LogP contribution in [0.25, 0.3) is 0 Å². The molecule has 3 aromatic rings. The SMILES string of the molecule is O=C(Nc1ccc(CSc2ccccc2)cc1)C1CCCN(S(=O)(=O)c2ccc(F)cc2)C1. The predicted octanol–water partition coefficient (Wildman–Crippen LogP) is 5.16. The number of nitrogens with one attached hydrogen (secondary N) is 1. The van der Waals surface area contributed by atoms with E-state index in [1.165, 1.54) is 21.3 Å². The molecule has 0 saturated carbocycles. The van der Waals surface area contributed by atoms with E-state index in [0.717, 1.165) is 23.4 Å². The van der Waals surface area contributed by atoms with Gasteiger partial charge in [-0.25, -0.2) is 12.8 Å². The number of hydrogen-bond acceptors (Lipinski definition) is 4. The van der Waals surface area contributed by atoms with E-state index in [9.17, 15) is 17.6 Å². The number of amides is 1. The lowest BCUT2D eigenvalue weighted by Crippen LogP contribution is -2.43. The first-order valence-electron chi connectivity index (χ1n) is 10.8. The zero-order valence-corrected chi connectivity index (χ0v) is 19.6. The van der Waals surface area contributed by atoms with E-state index in [-0.39, 0.29) is 17.3 Å². The number of thioether (sulfide) groups is 1. The molecule has 1 N–H and O–H groups in total. The van der Waals surface area contributed by atoms with Crippen molar-refractivity contribution in [1.29, 1.82) is 0 Å². The Labute approximate surface area is 198 Å². The minimum absolute atomic E-state index is 0.0360.